The number of benzene rings is 2. The number of amides is 1. The van der Waals surface area contributed by atoms with Crippen molar-refractivity contribution in [1.82, 2.24) is 25.2 Å². The predicted octanol–water partition coefficient (Wildman–Crippen LogP) is 4.22. The van der Waals surface area contributed by atoms with E-state index in [0.29, 0.717) is 23.4 Å². The van der Waals surface area contributed by atoms with Gasteiger partial charge in [-0.25, -0.2) is 0 Å². The van der Waals surface area contributed by atoms with Crippen LogP contribution in [0.25, 0.3) is 33.5 Å². The summed E-state index contributed by atoms with van der Waals surface area (Å²) >= 11 is 0. The van der Waals surface area contributed by atoms with Gasteiger partial charge in [-0.15, -0.1) is 0 Å². The van der Waals surface area contributed by atoms with Crippen molar-refractivity contribution in [2.24, 2.45) is 7.05 Å². The number of fused-ring (bicyclic) bond motifs is 1. The second kappa shape index (κ2) is 7.87. The van der Waals surface area contributed by atoms with E-state index in [0.717, 1.165) is 27.8 Å². The summed E-state index contributed by atoms with van der Waals surface area (Å²) in [5.41, 5.74) is 4.89. The number of pyridine rings is 1. The highest BCUT2D eigenvalue weighted by atomic mass is 16.5. The molecule has 0 radical (unpaired) electrons. The number of carbonyl (C=O) groups is 1. The van der Waals surface area contributed by atoms with E-state index in [9.17, 15) is 4.79 Å². The van der Waals surface area contributed by atoms with E-state index in [1.54, 1.807) is 29.2 Å². The molecule has 7 nitrogen and oxygen atoms in total. The van der Waals surface area contributed by atoms with Crippen LogP contribution in [-0.2, 0) is 13.6 Å². The Kier molecular flexibility index (Phi) is 4.76. The first-order valence-corrected chi connectivity index (χ1v) is 9.84. The Bertz CT molecular complexity index is 1350. The topological polar surface area (TPSA) is 85.8 Å². The van der Waals surface area contributed by atoms with Gasteiger partial charge in [-0.05, 0) is 29.8 Å². The highest BCUT2D eigenvalue weighted by Gasteiger charge is 2.14. The van der Waals surface area contributed by atoms with E-state index >= 15 is 0 Å². The molecule has 0 aliphatic heterocycles. The minimum absolute atomic E-state index is 0.168. The van der Waals surface area contributed by atoms with Crippen molar-refractivity contribution in [2.75, 3.05) is 0 Å². The Balaban J connectivity index is 1.31. The molecule has 5 aromatic rings. The summed E-state index contributed by atoms with van der Waals surface area (Å²) in [6, 6.07) is 19.0. The zero-order valence-electron chi connectivity index (χ0n) is 16.8. The van der Waals surface area contributed by atoms with Gasteiger partial charge < -0.3 is 9.84 Å². The van der Waals surface area contributed by atoms with Crippen LogP contribution in [0.5, 0.6) is 0 Å². The van der Waals surface area contributed by atoms with Crippen molar-refractivity contribution in [3.05, 3.63) is 90.4 Å². The minimum atomic E-state index is -0.168. The van der Waals surface area contributed by atoms with Crippen molar-refractivity contribution < 1.29 is 9.32 Å². The Morgan fingerprint density at radius 1 is 1.03 bits per heavy atom. The van der Waals surface area contributed by atoms with Crippen LogP contribution in [0.4, 0.5) is 0 Å². The molecule has 0 spiro atoms. The monoisotopic (exact) mass is 409 g/mol. The summed E-state index contributed by atoms with van der Waals surface area (Å²) in [4.78, 5) is 17.2. The average molecular weight is 409 g/mol. The fourth-order valence-electron chi connectivity index (χ4n) is 3.42. The standard InChI is InChI=1S/C24H19N5O2/c1-29-15-19(14-27-29)21-9-7-16(12-25-21)13-26-24(30)18-8-10-22-20(11-18)23(31-28-22)17-5-3-2-4-6-17/h2-12,14-15H,13H2,1H3,(H,26,30). The molecule has 3 aromatic heterocycles. The fourth-order valence-corrected chi connectivity index (χ4v) is 3.42. The summed E-state index contributed by atoms with van der Waals surface area (Å²) in [6.07, 6.45) is 5.45. The van der Waals surface area contributed by atoms with E-state index in [4.69, 9.17) is 4.52 Å². The maximum absolute atomic E-state index is 12.7. The van der Waals surface area contributed by atoms with Crippen molar-refractivity contribution in [3.8, 4) is 22.6 Å². The van der Waals surface area contributed by atoms with E-state index in [2.05, 4.69) is 20.6 Å². The number of hydrogen-bond acceptors (Lipinski definition) is 5. The lowest BCUT2D eigenvalue weighted by Crippen LogP contribution is -2.22. The lowest BCUT2D eigenvalue weighted by molar-refractivity contribution is 0.0951. The largest absolute Gasteiger partial charge is 0.355 e. The molecule has 5 rings (SSSR count). The Morgan fingerprint density at radius 2 is 1.90 bits per heavy atom. The van der Waals surface area contributed by atoms with Gasteiger partial charge in [0.1, 0.15) is 5.52 Å². The Morgan fingerprint density at radius 3 is 2.65 bits per heavy atom. The normalized spacial score (nSPS) is 11.0. The average Bonchev–Trinajstić information content (AvgIpc) is 3.44. The third-order valence-corrected chi connectivity index (χ3v) is 5.05. The molecule has 0 aliphatic rings. The molecule has 2 aromatic carbocycles. The van der Waals surface area contributed by atoms with Gasteiger partial charge in [-0.2, -0.15) is 5.10 Å². The molecule has 7 heteroatoms. The Hall–Kier alpha value is -4.26. The third kappa shape index (κ3) is 3.81. The van der Waals surface area contributed by atoms with Crippen molar-refractivity contribution in [1.29, 1.82) is 0 Å². The molecule has 0 aliphatic carbocycles. The number of hydrogen-bond donors (Lipinski definition) is 1. The molecule has 31 heavy (non-hydrogen) atoms. The van der Waals surface area contributed by atoms with Gasteiger partial charge in [0.25, 0.3) is 5.91 Å². The van der Waals surface area contributed by atoms with E-state index in [-0.39, 0.29) is 5.91 Å². The molecule has 1 amide bonds. The van der Waals surface area contributed by atoms with E-state index in [1.807, 2.05) is 61.8 Å². The van der Waals surface area contributed by atoms with Gasteiger partial charge in [0, 0.05) is 42.7 Å². The molecule has 0 saturated heterocycles. The molecule has 1 N–H and O–H groups in total. The first-order valence-electron chi connectivity index (χ1n) is 9.84. The second-order valence-corrected chi connectivity index (χ2v) is 7.25. The zero-order valence-corrected chi connectivity index (χ0v) is 16.8. The predicted molar refractivity (Wildman–Crippen MR) is 117 cm³/mol. The number of nitrogens with one attached hydrogen (secondary N) is 1. The Labute approximate surface area is 178 Å². The quantitative estimate of drug-likeness (QED) is 0.470. The highest BCUT2D eigenvalue weighted by Crippen LogP contribution is 2.29. The summed E-state index contributed by atoms with van der Waals surface area (Å²) in [5.74, 6) is 0.485. The first-order chi connectivity index (χ1) is 15.2. The van der Waals surface area contributed by atoms with Crippen LogP contribution in [0.2, 0.25) is 0 Å². The molecule has 0 saturated carbocycles. The zero-order chi connectivity index (χ0) is 21.2. The lowest BCUT2D eigenvalue weighted by atomic mass is 10.1. The lowest BCUT2D eigenvalue weighted by Gasteiger charge is -2.06. The SMILES string of the molecule is Cn1cc(-c2ccc(CNC(=O)c3ccc4noc(-c5ccccc5)c4c3)cn2)cn1. The molecular formula is C24H19N5O2. The first kappa shape index (κ1) is 18.7. The van der Waals surface area contributed by atoms with Crippen molar-refractivity contribution in [2.45, 2.75) is 6.54 Å². The second-order valence-electron chi connectivity index (χ2n) is 7.25. The third-order valence-electron chi connectivity index (χ3n) is 5.05. The van der Waals surface area contributed by atoms with Crippen molar-refractivity contribution in [3.63, 3.8) is 0 Å². The van der Waals surface area contributed by atoms with Crippen molar-refractivity contribution >= 4 is 16.8 Å². The molecule has 0 bridgehead atoms. The van der Waals surface area contributed by atoms with Gasteiger partial charge in [0.2, 0.25) is 0 Å². The summed E-state index contributed by atoms with van der Waals surface area (Å²) in [5, 5.41) is 12.0. The molecule has 152 valence electrons. The summed E-state index contributed by atoms with van der Waals surface area (Å²) in [7, 11) is 1.87. The van der Waals surface area contributed by atoms with Gasteiger partial charge in [-0.3, -0.25) is 14.5 Å². The fraction of sp³-hybridized carbons (Fsp3) is 0.0833. The van der Waals surface area contributed by atoms with Crippen LogP contribution < -0.4 is 5.32 Å². The summed E-state index contributed by atoms with van der Waals surface area (Å²) in [6.45, 7) is 0.381. The van der Waals surface area contributed by atoms with E-state index in [1.165, 1.54) is 0 Å². The molecular weight excluding hydrogens is 390 g/mol. The maximum atomic E-state index is 12.7. The molecule has 3 heterocycles. The van der Waals surface area contributed by atoms with Crippen LogP contribution in [-0.4, -0.2) is 25.8 Å². The number of aromatic nitrogens is 4. The smallest absolute Gasteiger partial charge is 0.251 e. The van der Waals surface area contributed by atoms with Gasteiger partial charge in [0.05, 0.1) is 17.3 Å². The van der Waals surface area contributed by atoms with Gasteiger partial charge >= 0.3 is 0 Å². The number of nitrogens with zero attached hydrogens (tertiary/aromatic N) is 4. The minimum Gasteiger partial charge on any atom is -0.355 e. The molecule has 0 atom stereocenters. The maximum Gasteiger partial charge on any atom is 0.251 e. The van der Waals surface area contributed by atoms with Crippen LogP contribution >= 0.6 is 0 Å². The van der Waals surface area contributed by atoms with Crippen LogP contribution in [0.15, 0.2) is 83.8 Å². The van der Waals surface area contributed by atoms with E-state index < -0.39 is 0 Å². The van der Waals surface area contributed by atoms with Crippen LogP contribution in [0.1, 0.15) is 15.9 Å². The number of rotatable bonds is 5. The summed E-state index contributed by atoms with van der Waals surface area (Å²) < 4.78 is 7.26. The highest BCUT2D eigenvalue weighted by molar-refractivity contribution is 6.00. The van der Waals surface area contributed by atoms with Gasteiger partial charge in [0.15, 0.2) is 5.76 Å². The number of carbonyl (C=O) groups excluding carboxylic acids is 1. The van der Waals surface area contributed by atoms with Crippen LogP contribution in [0, 0.1) is 0 Å². The molecule has 0 unspecified atom stereocenters. The number of aryl methyl sites for hydroxylation is 1. The van der Waals surface area contributed by atoms with Crippen LogP contribution in [0.3, 0.4) is 0 Å². The molecule has 0 fully saturated rings. The van der Waals surface area contributed by atoms with Gasteiger partial charge in [-0.1, -0.05) is 41.6 Å².